The zero-order chi connectivity index (χ0) is 22.1. The highest BCUT2D eigenvalue weighted by molar-refractivity contribution is 9.10. The normalized spacial score (nSPS) is 24.3. The Kier molecular flexibility index (Phi) is 6.84. The molecule has 1 heterocycles. The van der Waals surface area contributed by atoms with Gasteiger partial charge in [0.05, 0.1) is 6.04 Å². The highest BCUT2D eigenvalue weighted by atomic mass is 79.9. The predicted molar refractivity (Wildman–Crippen MR) is 117 cm³/mol. The van der Waals surface area contributed by atoms with Gasteiger partial charge in [-0.2, -0.15) is 0 Å². The lowest BCUT2D eigenvalue weighted by Gasteiger charge is -2.36. The van der Waals surface area contributed by atoms with Crippen LogP contribution in [0.4, 0.5) is 9.18 Å². The number of hydrogen-bond acceptors (Lipinski definition) is 4. The molecule has 2 bridgehead atoms. The molecular formula is C22H29BrFN3O3. The van der Waals surface area contributed by atoms with E-state index in [1.54, 1.807) is 30.3 Å². The van der Waals surface area contributed by atoms with Crippen LogP contribution in [0.5, 0.6) is 0 Å². The van der Waals surface area contributed by atoms with E-state index >= 15 is 0 Å². The van der Waals surface area contributed by atoms with Crippen molar-refractivity contribution in [2.75, 3.05) is 7.05 Å². The van der Waals surface area contributed by atoms with Crippen LogP contribution in [0, 0.1) is 11.7 Å². The van der Waals surface area contributed by atoms with E-state index in [2.05, 4.69) is 26.2 Å². The predicted octanol–water partition coefficient (Wildman–Crippen LogP) is 4.10. The lowest BCUT2D eigenvalue weighted by Crippen LogP contribution is -2.55. The second kappa shape index (κ2) is 9.04. The number of ether oxygens (including phenoxy) is 1. The molecule has 1 saturated heterocycles. The number of carbonyl (C=O) groups excluding carboxylic acids is 2. The molecule has 1 saturated carbocycles. The standard InChI is InChI=1S/C22H29BrFN3O3/c1-22(2,3)30-21(29)27-17-8-6-14(10-17)19(27)20(28)26-16(12-25-4)9-13-5-7-15(23)11-18(13)24/h5,7,11-12,14,16-17,19H,6,8-10H2,1-4H3,(H,26,28)/b25-12-/t14-,16-,17+,19-/m0/s1. The van der Waals surface area contributed by atoms with Gasteiger partial charge in [-0.05, 0) is 63.6 Å². The van der Waals surface area contributed by atoms with Gasteiger partial charge in [-0.15, -0.1) is 0 Å². The number of amides is 2. The maximum absolute atomic E-state index is 14.3. The smallest absolute Gasteiger partial charge is 0.411 e. The Hall–Kier alpha value is -1.96. The van der Waals surface area contributed by atoms with Crippen LogP contribution in [0.15, 0.2) is 27.7 Å². The van der Waals surface area contributed by atoms with Gasteiger partial charge in [-0.1, -0.05) is 22.0 Å². The van der Waals surface area contributed by atoms with Gasteiger partial charge in [-0.3, -0.25) is 14.7 Å². The first-order chi connectivity index (χ1) is 14.1. The molecule has 2 aliphatic rings. The summed E-state index contributed by atoms with van der Waals surface area (Å²) < 4.78 is 20.5. The summed E-state index contributed by atoms with van der Waals surface area (Å²) in [7, 11) is 1.61. The molecule has 2 fully saturated rings. The molecule has 8 heteroatoms. The molecule has 1 aliphatic carbocycles. The molecule has 164 valence electrons. The third kappa shape index (κ3) is 5.20. The molecule has 0 unspecified atom stereocenters. The fraction of sp³-hybridized carbons (Fsp3) is 0.591. The van der Waals surface area contributed by atoms with Gasteiger partial charge < -0.3 is 10.1 Å². The van der Waals surface area contributed by atoms with Crippen LogP contribution in [0.25, 0.3) is 0 Å². The van der Waals surface area contributed by atoms with Crippen LogP contribution in [0.2, 0.25) is 0 Å². The average Bonchev–Trinajstić information content (AvgIpc) is 3.24. The number of likely N-dealkylation sites (tertiary alicyclic amines) is 1. The number of nitrogens with one attached hydrogen (secondary N) is 1. The van der Waals surface area contributed by atoms with Crippen molar-refractivity contribution in [1.82, 2.24) is 10.2 Å². The zero-order valence-electron chi connectivity index (χ0n) is 17.8. The van der Waals surface area contributed by atoms with Crippen LogP contribution in [0.3, 0.4) is 0 Å². The van der Waals surface area contributed by atoms with Gasteiger partial charge in [-0.25, -0.2) is 9.18 Å². The fourth-order valence-corrected chi connectivity index (χ4v) is 4.75. The molecule has 1 aromatic rings. The summed E-state index contributed by atoms with van der Waals surface area (Å²) in [6.45, 7) is 5.44. The van der Waals surface area contributed by atoms with E-state index in [9.17, 15) is 14.0 Å². The minimum atomic E-state index is -0.629. The maximum Gasteiger partial charge on any atom is 0.411 e. The van der Waals surface area contributed by atoms with Crippen molar-refractivity contribution in [3.05, 3.63) is 34.1 Å². The van der Waals surface area contributed by atoms with Crippen molar-refractivity contribution < 1.29 is 18.7 Å². The number of rotatable bonds is 5. The Labute approximate surface area is 185 Å². The lowest BCUT2D eigenvalue weighted by atomic mass is 9.97. The maximum atomic E-state index is 14.3. The van der Waals surface area contributed by atoms with Crippen molar-refractivity contribution in [3.63, 3.8) is 0 Å². The number of hydrogen-bond donors (Lipinski definition) is 1. The lowest BCUT2D eigenvalue weighted by molar-refractivity contribution is -0.128. The highest BCUT2D eigenvalue weighted by Gasteiger charge is 2.52. The first kappa shape index (κ1) is 22.7. The van der Waals surface area contributed by atoms with Crippen molar-refractivity contribution in [2.24, 2.45) is 10.9 Å². The number of fused-ring (bicyclic) bond motifs is 2. The molecule has 3 rings (SSSR count). The molecule has 0 spiro atoms. The fourth-order valence-electron chi connectivity index (χ4n) is 4.42. The monoisotopic (exact) mass is 481 g/mol. The van der Waals surface area contributed by atoms with Gasteiger partial charge in [0.15, 0.2) is 0 Å². The van der Waals surface area contributed by atoms with Crippen molar-refractivity contribution in [2.45, 2.75) is 70.2 Å². The van der Waals surface area contributed by atoms with E-state index in [0.29, 0.717) is 10.0 Å². The van der Waals surface area contributed by atoms with Crippen molar-refractivity contribution in [1.29, 1.82) is 0 Å². The summed E-state index contributed by atoms with van der Waals surface area (Å²) >= 11 is 3.25. The Balaban J connectivity index is 1.74. The molecule has 6 nitrogen and oxygen atoms in total. The van der Waals surface area contributed by atoms with Gasteiger partial charge in [0.1, 0.15) is 17.5 Å². The molecule has 0 aromatic heterocycles. The molecule has 2 amide bonds. The Morgan fingerprint density at radius 3 is 2.77 bits per heavy atom. The number of carbonyl (C=O) groups is 2. The van der Waals surface area contributed by atoms with Crippen molar-refractivity contribution >= 4 is 34.1 Å². The number of aliphatic imine (C=N–C) groups is 1. The minimum Gasteiger partial charge on any atom is -0.444 e. The zero-order valence-corrected chi connectivity index (χ0v) is 19.4. The van der Waals surface area contributed by atoms with E-state index in [1.807, 2.05) is 20.8 Å². The quantitative estimate of drug-likeness (QED) is 0.643. The third-order valence-electron chi connectivity index (χ3n) is 5.57. The topological polar surface area (TPSA) is 71.0 Å². The van der Waals surface area contributed by atoms with Crippen LogP contribution < -0.4 is 5.32 Å². The molecule has 1 N–H and O–H groups in total. The van der Waals surface area contributed by atoms with Crippen LogP contribution in [0.1, 0.15) is 45.6 Å². The van der Waals surface area contributed by atoms with E-state index in [4.69, 9.17) is 4.74 Å². The van der Waals surface area contributed by atoms with Crippen LogP contribution in [-0.4, -0.2) is 53.9 Å². The minimum absolute atomic E-state index is 0.0304. The summed E-state index contributed by atoms with van der Waals surface area (Å²) in [4.78, 5) is 31.6. The Morgan fingerprint density at radius 2 is 2.13 bits per heavy atom. The van der Waals surface area contributed by atoms with Crippen LogP contribution >= 0.6 is 15.9 Å². The van der Waals surface area contributed by atoms with E-state index in [-0.39, 0.29) is 30.1 Å². The molecule has 1 aliphatic heterocycles. The number of piperidine rings is 1. The van der Waals surface area contributed by atoms with E-state index < -0.39 is 23.8 Å². The summed E-state index contributed by atoms with van der Waals surface area (Å²) in [5.74, 6) is -0.468. The summed E-state index contributed by atoms with van der Waals surface area (Å²) in [5, 5.41) is 2.97. The van der Waals surface area contributed by atoms with Crippen LogP contribution in [-0.2, 0) is 16.0 Å². The average molecular weight is 482 g/mol. The second-order valence-corrected chi connectivity index (χ2v) is 9.94. The molecule has 4 atom stereocenters. The van der Waals surface area contributed by atoms with Gasteiger partial charge in [0, 0.05) is 30.2 Å². The third-order valence-corrected chi connectivity index (χ3v) is 6.06. The summed E-state index contributed by atoms with van der Waals surface area (Å²) in [6.07, 6.45) is 4.04. The van der Waals surface area contributed by atoms with Gasteiger partial charge in [0.25, 0.3) is 0 Å². The first-order valence-corrected chi connectivity index (χ1v) is 11.1. The summed E-state index contributed by atoms with van der Waals surface area (Å²) in [5.41, 5.74) is -0.142. The second-order valence-electron chi connectivity index (χ2n) is 9.02. The SMILES string of the molecule is C/N=C\[C@H](Cc1ccc(Br)cc1F)NC(=O)[C@@H]1[C@H]2CC[C@H](C2)N1C(=O)OC(C)(C)C. The molecule has 1 aromatic carbocycles. The Bertz CT molecular complexity index is 839. The largest absolute Gasteiger partial charge is 0.444 e. The molecule has 0 radical (unpaired) electrons. The first-order valence-electron chi connectivity index (χ1n) is 10.3. The highest BCUT2D eigenvalue weighted by Crippen LogP contribution is 2.43. The summed E-state index contributed by atoms with van der Waals surface area (Å²) in [6, 6.07) is 3.84. The number of nitrogens with zero attached hydrogens (tertiary/aromatic N) is 2. The Morgan fingerprint density at radius 1 is 1.40 bits per heavy atom. The van der Waals surface area contributed by atoms with Gasteiger partial charge >= 0.3 is 6.09 Å². The van der Waals surface area contributed by atoms with Crippen molar-refractivity contribution in [3.8, 4) is 0 Å². The van der Waals surface area contributed by atoms with E-state index in [1.165, 1.54) is 6.07 Å². The molecule has 30 heavy (non-hydrogen) atoms. The van der Waals surface area contributed by atoms with Gasteiger partial charge in [0.2, 0.25) is 5.91 Å². The number of benzene rings is 1. The molecular weight excluding hydrogens is 453 g/mol. The van der Waals surface area contributed by atoms with E-state index in [0.717, 1.165) is 19.3 Å². The number of halogens is 2.